The average Bonchev–Trinajstić information content (AvgIpc) is 2.71. The lowest BCUT2D eigenvalue weighted by Crippen LogP contribution is -2.06. The highest BCUT2D eigenvalue weighted by Gasteiger charge is 2.33. The van der Waals surface area contributed by atoms with Gasteiger partial charge in [0.1, 0.15) is 17.2 Å². The van der Waals surface area contributed by atoms with Gasteiger partial charge in [0.25, 0.3) is 0 Å². The Morgan fingerprint density at radius 3 is 1.92 bits per heavy atom. The molecule has 126 valence electrons. The molecule has 4 rings (SSSR count). The lowest BCUT2D eigenvalue weighted by Gasteiger charge is -2.22. The first-order chi connectivity index (χ1) is 12.0. The summed E-state index contributed by atoms with van der Waals surface area (Å²) in [6.45, 7) is -3.18. The molecule has 0 atom stereocenters. The van der Waals surface area contributed by atoms with Crippen LogP contribution in [0.3, 0.4) is 0 Å². The predicted molar refractivity (Wildman–Crippen MR) is 105 cm³/mol. The van der Waals surface area contributed by atoms with Gasteiger partial charge in [-0.05, 0) is 30.3 Å². The topological polar surface area (TPSA) is 27.7 Å². The SMILES string of the molecule is S=P1(Oc2ccc(Cl)cc2Cl)Oc2ccccc2-c2ccccc2O1. The van der Waals surface area contributed by atoms with E-state index in [9.17, 15) is 0 Å². The molecule has 1 aliphatic rings. The number of rotatable bonds is 2. The third-order valence-corrected chi connectivity index (χ3v) is 6.05. The standard InChI is InChI=1S/C18H11Cl2O3PS/c19-12-9-10-18(15(20)11-12)23-24(25)21-16-7-3-1-5-13(16)14-6-2-4-8-17(14)22-24/h1-11H. The molecule has 0 aliphatic carbocycles. The van der Waals surface area contributed by atoms with Gasteiger partial charge in [-0.3, -0.25) is 0 Å². The molecule has 7 heteroatoms. The van der Waals surface area contributed by atoms with Crippen molar-refractivity contribution in [3.63, 3.8) is 0 Å². The van der Waals surface area contributed by atoms with Crippen LogP contribution in [0.25, 0.3) is 11.1 Å². The maximum Gasteiger partial charge on any atom is 0.490 e. The fraction of sp³-hybridized carbons (Fsp3) is 0. The zero-order chi connectivity index (χ0) is 17.4. The van der Waals surface area contributed by atoms with Gasteiger partial charge in [-0.15, -0.1) is 0 Å². The Balaban J connectivity index is 1.80. The van der Waals surface area contributed by atoms with Crippen LogP contribution >= 0.6 is 29.9 Å². The second-order valence-electron chi connectivity index (χ2n) is 5.29. The van der Waals surface area contributed by atoms with Crippen molar-refractivity contribution in [2.45, 2.75) is 0 Å². The van der Waals surface area contributed by atoms with Crippen molar-refractivity contribution in [3.05, 3.63) is 76.8 Å². The summed E-state index contributed by atoms with van der Waals surface area (Å²) in [5.74, 6) is 1.59. The van der Waals surface area contributed by atoms with Crippen molar-refractivity contribution < 1.29 is 13.6 Å². The second kappa shape index (κ2) is 6.54. The summed E-state index contributed by atoms with van der Waals surface area (Å²) >= 11 is 17.8. The molecule has 3 aromatic rings. The molecule has 1 heterocycles. The van der Waals surface area contributed by atoms with Gasteiger partial charge in [-0.1, -0.05) is 59.6 Å². The highest BCUT2D eigenvalue weighted by Crippen LogP contribution is 2.57. The van der Waals surface area contributed by atoms with E-state index in [2.05, 4.69) is 0 Å². The Morgan fingerprint density at radius 1 is 0.800 bits per heavy atom. The molecule has 0 radical (unpaired) electrons. The van der Waals surface area contributed by atoms with Crippen LogP contribution in [0.2, 0.25) is 10.0 Å². The molecule has 0 saturated carbocycles. The van der Waals surface area contributed by atoms with Gasteiger partial charge in [-0.25, -0.2) is 0 Å². The van der Waals surface area contributed by atoms with Crippen molar-refractivity contribution >= 4 is 41.7 Å². The van der Waals surface area contributed by atoms with Crippen molar-refractivity contribution in [1.82, 2.24) is 0 Å². The average molecular weight is 409 g/mol. The van der Waals surface area contributed by atoms with Gasteiger partial charge in [0.15, 0.2) is 0 Å². The minimum atomic E-state index is -3.18. The van der Waals surface area contributed by atoms with Crippen LogP contribution in [0, 0.1) is 0 Å². The predicted octanol–water partition coefficient (Wildman–Crippen LogP) is 6.74. The van der Waals surface area contributed by atoms with Crippen molar-refractivity contribution in [1.29, 1.82) is 0 Å². The molecule has 0 N–H and O–H groups in total. The molecule has 25 heavy (non-hydrogen) atoms. The van der Waals surface area contributed by atoms with E-state index in [1.54, 1.807) is 18.2 Å². The molecule has 0 bridgehead atoms. The van der Waals surface area contributed by atoms with Crippen LogP contribution in [-0.4, -0.2) is 0 Å². The summed E-state index contributed by atoms with van der Waals surface area (Å²) < 4.78 is 17.9. The molecule has 0 aromatic heterocycles. The third kappa shape index (κ3) is 3.36. The molecule has 0 fully saturated rings. The van der Waals surface area contributed by atoms with Crippen LogP contribution in [0.5, 0.6) is 17.2 Å². The Hall–Kier alpha value is -1.71. The Morgan fingerprint density at radius 2 is 1.36 bits per heavy atom. The first-order valence-electron chi connectivity index (χ1n) is 7.36. The van der Waals surface area contributed by atoms with E-state index >= 15 is 0 Å². The summed E-state index contributed by atoms with van der Waals surface area (Å²) in [6.07, 6.45) is 0. The van der Waals surface area contributed by atoms with E-state index in [0.717, 1.165) is 11.1 Å². The fourth-order valence-corrected chi connectivity index (χ4v) is 5.04. The van der Waals surface area contributed by atoms with Gasteiger partial charge < -0.3 is 13.6 Å². The van der Waals surface area contributed by atoms with Gasteiger partial charge in [0.2, 0.25) is 0 Å². The normalized spacial score (nSPS) is 14.3. The van der Waals surface area contributed by atoms with E-state index in [1.165, 1.54) is 0 Å². The molecule has 0 amide bonds. The number of benzene rings is 3. The number of fused-ring (bicyclic) bond motifs is 3. The van der Waals surface area contributed by atoms with E-state index in [1.807, 2.05) is 48.5 Å². The Kier molecular flexibility index (Phi) is 4.38. The first kappa shape index (κ1) is 16.7. The van der Waals surface area contributed by atoms with E-state index in [-0.39, 0.29) is 0 Å². The molecule has 0 saturated heterocycles. The maximum absolute atomic E-state index is 6.20. The van der Waals surface area contributed by atoms with Crippen LogP contribution in [-0.2, 0) is 11.8 Å². The zero-order valence-electron chi connectivity index (χ0n) is 12.7. The van der Waals surface area contributed by atoms with Crippen LogP contribution in [0.15, 0.2) is 66.7 Å². The molecular weight excluding hydrogens is 398 g/mol. The number of halogens is 2. The summed E-state index contributed by atoms with van der Waals surface area (Å²) in [5, 5.41) is 0.849. The molecule has 3 aromatic carbocycles. The first-order valence-corrected chi connectivity index (χ1v) is 10.7. The van der Waals surface area contributed by atoms with Gasteiger partial charge in [-0.2, -0.15) is 0 Å². The minimum Gasteiger partial charge on any atom is -0.406 e. The smallest absolute Gasteiger partial charge is 0.406 e. The maximum atomic E-state index is 6.20. The number of hydrogen-bond donors (Lipinski definition) is 0. The number of hydrogen-bond acceptors (Lipinski definition) is 4. The minimum absolute atomic E-state index is 0.342. The second-order valence-corrected chi connectivity index (χ2v) is 8.92. The largest absolute Gasteiger partial charge is 0.490 e. The van der Waals surface area contributed by atoms with E-state index in [0.29, 0.717) is 27.3 Å². The van der Waals surface area contributed by atoms with Crippen molar-refractivity contribution in [3.8, 4) is 28.4 Å². The zero-order valence-corrected chi connectivity index (χ0v) is 15.9. The van der Waals surface area contributed by atoms with Crippen molar-refractivity contribution in [2.24, 2.45) is 0 Å². The van der Waals surface area contributed by atoms with Gasteiger partial charge >= 0.3 is 6.72 Å². The third-order valence-electron chi connectivity index (χ3n) is 3.59. The summed E-state index contributed by atoms with van der Waals surface area (Å²) in [7, 11) is 0. The fourth-order valence-electron chi connectivity index (χ4n) is 2.50. The Bertz CT molecular complexity index is 958. The molecule has 0 unspecified atom stereocenters. The van der Waals surface area contributed by atoms with Crippen LogP contribution < -0.4 is 13.6 Å². The quantitative estimate of drug-likeness (QED) is 0.439. The monoisotopic (exact) mass is 408 g/mol. The van der Waals surface area contributed by atoms with Crippen LogP contribution in [0.4, 0.5) is 0 Å². The lowest BCUT2D eigenvalue weighted by molar-refractivity contribution is 0.389. The molecule has 0 spiro atoms. The molecule has 3 nitrogen and oxygen atoms in total. The van der Waals surface area contributed by atoms with Gasteiger partial charge in [0.05, 0.1) is 5.02 Å². The van der Waals surface area contributed by atoms with E-state index < -0.39 is 6.72 Å². The lowest BCUT2D eigenvalue weighted by atomic mass is 10.0. The van der Waals surface area contributed by atoms with Crippen LogP contribution in [0.1, 0.15) is 0 Å². The van der Waals surface area contributed by atoms with Gasteiger partial charge in [0, 0.05) is 28.0 Å². The summed E-state index contributed by atoms with van der Waals surface area (Å²) in [4.78, 5) is 0. The highest BCUT2D eigenvalue weighted by molar-refractivity contribution is 8.08. The van der Waals surface area contributed by atoms with Crippen molar-refractivity contribution in [2.75, 3.05) is 0 Å². The summed E-state index contributed by atoms with van der Waals surface area (Å²) in [5.41, 5.74) is 1.80. The Labute approximate surface area is 160 Å². The summed E-state index contributed by atoms with van der Waals surface area (Å²) in [6, 6.07) is 20.1. The van der Waals surface area contributed by atoms with E-state index in [4.69, 9.17) is 48.6 Å². The highest BCUT2D eigenvalue weighted by atomic mass is 35.5. The molecule has 1 aliphatic heterocycles. The molecular formula is C18H11Cl2O3PS. The number of para-hydroxylation sites is 2.